The summed E-state index contributed by atoms with van der Waals surface area (Å²) in [7, 11) is 0. The van der Waals surface area contributed by atoms with Crippen molar-refractivity contribution < 1.29 is 9.21 Å². The normalized spacial score (nSPS) is 11.2. The van der Waals surface area contributed by atoms with Crippen molar-refractivity contribution >= 4 is 29.7 Å². The molecule has 4 rings (SSSR count). The van der Waals surface area contributed by atoms with E-state index in [1.807, 2.05) is 70.6 Å². The fourth-order valence-electron chi connectivity index (χ4n) is 2.57. The van der Waals surface area contributed by atoms with Crippen molar-refractivity contribution in [3.05, 3.63) is 95.0 Å². The minimum Gasteiger partial charge on any atom is -0.459 e. The molecule has 0 aliphatic rings. The van der Waals surface area contributed by atoms with Gasteiger partial charge in [0.1, 0.15) is 0 Å². The Balaban J connectivity index is 0.00000196. The predicted molar refractivity (Wildman–Crippen MR) is 105 cm³/mol. The zero-order valence-corrected chi connectivity index (χ0v) is 15.2. The van der Waals surface area contributed by atoms with Crippen LogP contribution in [0, 0.1) is 0 Å². The molecule has 0 N–H and O–H groups in total. The van der Waals surface area contributed by atoms with Crippen molar-refractivity contribution in [1.82, 2.24) is 4.57 Å². The number of aromatic nitrogens is 1. The number of furan rings is 1. The van der Waals surface area contributed by atoms with Crippen LogP contribution < -0.4 is 4.80 Å². The third kappa shape index (κ3) is 3.54. The zero-order chi connectivity index (χ0) is 17.1. The summed E-state index contributed by atoms with van der Waals surface area (Å²) in [5.74, 6) is -0.162. The number of carbonyl (C=O) groups excluding carboxylic acids is 1. The molecule has 0 fully saturated rings. The molecule has 4 aromatic rings. The molecule has 0 unspecified atom stereocenters. The second-order valence-corrected chi connectivity index (χ2v) is 6.17. The summed E-state index contributed by atoms with van der Waals surface area (Å²) in [6, 6.07) is 23.2. The van der Waals surface area contributed by atoms with Gasteiger partial charge in [0.15, 0.2) is 10.6 Å². The van der Waals surface area contributed by atoms with Crippen LogP contribution in [0.25, 0.3) is 16.9 Å². The summed E-state index contributed by atoms with van der Waals surface area (Å²) in [5.41, 5.74) is 3.01. The van der Waals surface area contributed by atoms with E-state index in [0.717, 1.165) is 16.9 Å². The first-order chi connectivity index (χ1) is 12.3. The van der Waals surface area contributed by atoms with Crippen LogP contribution in [-0.4, -0.2) is 10.5 Å². The summed E-state index contributed by atoms with van der Waals surface area (Å²) in [6.07, 6.45) is 1.47. The lowest BCUT2D eigenvalue weighted by molar-refractivity contribution is 0.0971. The Labute approximate surface area is 160 Å². The SMILES string of the molecule is Cl.O=C(N=c1scc(-c2ccccc2)n1-c1ccccc1)c1ccco1. The average Bonchev–Trinajstić information content (AvgIpc) is 3.33. The lowest BCUT2D eigenvalue weighted by Crippen LogP contribution is -2.16. The van der Waals surface area contributed by atoms with E-state index in [4.69, 9.17) is 4.42 Å². The highest BCUT2D eigenvalue weighted by Gasteiger charge is 2.12. The Hall–Kier alpha value is -2.89. The fourth-order valence-corrected chi connectivity index (χ4v) is 3.47. The third-order valence-electron chi connectivity index (χ3n) is 3.72. The number of thiazole rings is 1. The van der Waals surface area contributed by atoms with Gasteiger partial charge in [-0.25, -0.2) is 0 Å². The summed E-state index contributed by atoms with van der Waals surface area (Å²) in [5, 5.41) is 2.01. The third-order valence-corrected chi connectivity index (χ3v) is 4.55. The van der Waals surface area contributed by atoms with E-state index in [-0.39, 0.29) is 18.2 Å². The largest absolute Gasteiger partial charge is 0.459 e. The number of halogens is 1. The lowest BCUT2D eigenvalue weighted by Gasteiger charge is -2.08. The van der Waals surface area contributed by atoms with Gasteiger partial charge < -0.3 is 4.42 Å². The molecule has 0 aliphatic carbocycles. The van der Waals surface area contributed by atoms with Gasteiger partial charge in [0.05, 0.1) is 12.0 Å². The molecular weight excluding hydrogens is 368 g/mol. The molecule has 0 atom stereocenters. The molecule has 2 aromatic carbocycles. The quantitative estimate of drug-likeness (QED) is 0.502. The molecular formula is C20H15ClN2O2S. The lowest BCUT2D eigenvalue weighted by atomic mass is 10.1. The van der Waals surface area contributed by atoms with Crippen LogP contribution in [0.3, 0.4) is 0 Å². The highest BCUT2D eigenvalue weighted by atomic mass is 35.5. The number of hydrogen-bond donors (Lipinski definition) is 0. The highest BCUT2D eigenvalue weighted by Crippen LogP contribution is 2.23. The molecule has 6 heteroatoms. The van der Waals surface area contributed by atoms with Gasteiger partial charge in [0.25, 0.3) is 0 Å². The number of benzene rings is 2. The van der Waals surface area contributed by atoms with E-state index in [1.54, 1.807) is 12.1 Å². The molecule has 0 spiro atoms. The first kappa shape index (κ1) is 17.9. The van der Waals surface area contributed by atoms with Gasteiger partial charge in [-0.15, -0.1) is 23.7 Å². The second kappa shape index (κ2) is 7.99. The van der Waals surface area contributed by atoms with E-state index in [2.05, 4.69) is 4.99 Å². The molecule has 0 saturated heterocycles. The summed E-state index contributed by atoms with van der Waals surface area (Å²) in [4.78, 5) is 17.2. The van der Waals surface area contributed by atoms with Gasteiger partial charge in [-0.2, -0.15) is 4.99 Å². The maximum Gasteiger partial charge on any atom is 0.315 e. The van der Waals surface area contributed by atoms with Crippen molar-refractivity contribution in [2.24, 2.45) is 4.99 Å². The van der Waals surface area contributed by atoms with Gasteiger partial charge in [0.2, 0.25) is 0 Å². The molecule has 1 amide bonds. The van der Waals surface area contributed by atoms with Crippen LogP contribution in [0.2, 0.25) is 0 Å². The van der Waals surface area contributed by atoms with Crippen molar-refractivity contribution in [3.63, 3.8) is 0 Å². The second-order valence-electron chi connectivity index (χ2n) is 5.33. The zero-order valence-electron chi connectivity index (χ0n) is 13.6. The molecule has 0 saturated carbocycles. The standard InChI is InChI=1S/C20H14N2O2S.ClH/c23-19(18-12-7-13-24-18)21-20-22(16-10-5-2-6-11-16)17(14-25-20)15-8-3-1-4-9-15;/h1-14H;1H. The summed E-state index contributed by atoms with van der Waals surface area (Å²) in [6.45, 7) is 0. The van der Waals surface area contributed by atoms with E-state index < -0.39 is 5.91 Å². The van der Waals surface area contributed by atoms with E-state index in [0.29, 0.717) is 4.80 Å². The Bertz CT molecular complexity index is 1050. The molecule has 0 aliphatic heterocycles. The number of carbonyl (C=O) groups is 1. The Morgan fingerprint density at radius 2 is 1.62 bits per heavy atom. The first-order valence-electron chi connectivity index (χ1n) is 7.77. The number of hydrogen-bond acceptors (Lipinski definition) is 3. The van der Waals surface area contributed by atoms with Crippen LogP contribution in [0.5, 0.6) is 0 Å². The van der Waals surface area contributed by atoms with Gasteiger partial charge >= 0.3 is 5.91 Å². The first-order valence-corrected chi connectivity index (χ1v) is 8.65. The van der Waals surface area contributed by atoms with E-state index in [9.17, 15) is 4.79 Å². The van der Waals surface area contributed by atoms with Crippen molar-refractivity contribution in [2.75, 3.05) is 0 Å². The summed E-state index contributed by atoms with van der Waals surface area (Å²) >= 11 is 1.43. The molecule has 0 radical (unpaired) electrons. The minimum atomic E-state index is -0.392. The molecule has 0 bridgehead atoms. The molecule has 130 valence electrons. The van der Waals surface area contributed by atoms with Crippen LogP contribution in [0.1, 0.15) is 10.6 Å². The fraction of sp³-hybridized carbons (Fsp3) is 0. The van der Waals surface area contributed by atoms with Gasteiger partial charge in [-0.3, -0.25) is 9.36 Å². The van der Waals surface area contributed by atoms with Gasteiger partial charge in [-0.1, -0.05) is 48.5 Å². The van der Waals surface area contributed by atoms with Gasteiger partial charge in [-0.05, 0) is 29.8 Å². The molecule has 2 heterocycles. The number of para-hydroxylation sites is 1. The molecule has 4 nitrogen and oxygen atoms in total. The Kier molecular flexibility index (Phi) is 5.51. The van der Waals surface area contributed by atoms with Crippen LogP contribution in [0.15, 0.2) is 93.8 Å². The number of nitrogens with zero attached hydrogens (tertiary/aromatic N) is 2. The van der Waals surface area contributed by atoms with E-state index >= 15 is 0 Å². The molecule has 2 aromatic heterocycles. The topological polar surface area (TPSA) is 47.5 Å². The van der Waals surface area contributed by atoms with Crippen LogP contribution in [0.4, 0.5) is 0 Å². The van der Waals surface area contributed by atoms with Crippen LogP contribution in [-0.2, 0) is 0 Å². The minimum absolute atomic E-state index is 0. The number of rotatable bonds is 3. The van der Waals surface area contributed by atoms with Crippen molar-refractivity contribution in [1.29, 1.82) is 0 Å². The van der Waals surface area contributed by atoms with Crippen molar-refractivity contribution in [3.8, 4) is 16.9 Å². The Morgan fingerprint density at radius 1 is 0.923 bits per heavy atom. The Morgan fingerprint density at radius 3 is 2.27 bits per heavy atom. The maximum atomic E-state index is 12.3. The predicted octanol–water partition coefficient (Wildman–Crippen LogP) is 4.96. The summed E-state index contributed by atoms with van der Waals surface area (Å²) < 4.78 is 7.14. The van der Waals surface area contributed by atoms with Crippen molar-refractivity contribution in [2.45, 2.75) is 0 Å². The number of amides is 1. The monoisotopic (exact) mass is 382 g/mol. The smallest absolute Gasteiger partial charge is 0.315 e. The highest BCUT2D eigenvalue weighted by molar-refractivity contribution is 7.07. The van der Waals surface area contributed by atoms with E-state index in [1.165, 1.54) is 17.6 Å². The van der Waals surface area contributed by atoms with Gasteiger partial charge in [0, 0.05) is 11.1 Å². The molecule has 26 heavy (non-hydrogen) atoms. The maximum absolute atomic E-state index is 12.3. The average molecular weight is 383 g/mol. The van der Waals surface area contributed by atoms with Crippen LogP contribution >= 0.6 is 23.7 Å².